The van der Waals surface area contributed by atoms with Gasteiger partial charge in [0.1, 0.15) is 0 Å². The monoisotopic (exact) mass is 156 g/mol. The molecule has 0 radical (unpaired) electrons. The van der Waals surface area contributed by atoms with Crippen LogP contribution in [0.5, 0.6) is 0 Å². The summed E-state index contributed by atoms with van der Waals surface area (Å²) in [4.78, 5) is 18.7. The molecule has 0 spiro atoms. The Morgan fingerprint density at radius 1 is 1.45 bits per heavy atom. The first-order chi connectivity index (χ1) is 4.91. The van der Waals surface area contributed by atoms with Gasteiger partial charge in [-0.15, -0.1) is 6.42 Å². The summed E-state index contributed by atoms with van der Waals surface area (Å²) in [6, 6.07) is 0. The van der Waals surface area contributed by atoms with Crippen LogP contribution >= 0.6 is 0 Å². The fourth-order valence-electron chi connectivity index (χ4n) is 0. The second-order valence-corrected chi connectivity index (χ2v) is 1.53. The van der Waals surface area contributed by atoms with Crippen LogP contribution in [0, 0.1) is 12.3 Å². The smallest absolute Gasteiger partial charge is 0.381 e. The van der Waals surface area contributed by atoms with E-state index < -0.39 is 11.9 Å². The summed E-state index contributed by atoms with van der Waals surface area (Å²) < 4.78 is 0. The van der Waals surface area contributed by atoms with Crippen molar-refractivity contribution in [3.05, 3.63) is 12.2 Å². The van der Waals surface area contributed by atoms with Gasteiger partial charge < -0.3 is 10.2 Å². The molecule has 0 heterocycles. The maximum atomic E-state index is 9.60. The molecule has 4 nitrogen and oxygen atoms in total. The normalized spacial score (nSPS) is 6.55. The Kier molecular flexibility index (Phi) is 6.92. The predicted molar refractivity (Wildman–Crippen MR) is 38.9 cm³/mol. The quantitative estimate of drug-likeness (QED) is 0.424. The standard InChI is InChI=1S/C4H6O2.C3H2O2/c1-3(2)4(5)6;1-2-3(4)5/h1H2,2H3,(H,5,6);1H,(H,4,5). The second kappa shape index (κ2) is 6.36. The molecule has 0 rings (SSSR count). The molecule has 0 aliphatic heterocycles. The van der Waals surface area contributed by atoms with Crippen LogP contribution in [0.1, 0.15) is 6.92 Å². The van der Waals surface area contributed by atoms with Crippen molar-refractivity contribution in [1.29, 1.82) is 0 Å². The number of carbonyl (C=O) groups is 2. The van der Waals surface area contributed by atoms with Gasteiger partial charge in [0.05, 0.1) is 0 Å². The molecule has 4 heteroatoms. The molecule has 11 heavy (non-hydrogen) atoms. The van der Waals surface area contributed by atoms with Crippen LogP contribution in [0.15, 0.2) is 12.2 Å². The first kappa shape index (κ1) is 12.0. The van der Waals surface area contributed by atoms with E-state index in [1.165, 1.54) is 12.8 Å². The van der Waals surface area contributed by atoms with Crippen LogP contribution in [0.3, 0.4) is 0 Å². The highest BCUT2D eigenvalue weighted by atomic mass is 16.4. The fourth-order valence-corrected chi connectivity index (χ4v) is 0. The van der Waals surface area contributed by atoms with Gasteiger partial charge in [-0.3, -0.25) is 0 Å². The van der Waals surface area contributed by atoms with E-state index in [2.05, 4.69) is 13.0 Å². The maximum absolute atomic E-state index is 9.60. The lowest BCUT2D eigenvalue weighted by atomic mass is 10.4. The minimum Gasteiger partial charge on any atom is -0.478 e. The molecule has 0 fully saturated rings. The molecule has 0 saturated carbocycles. The summed E-state index contributed by atoms with van der Waals surface area (Å²) in [6.07, 6.45) is 4.32. The summed E-state index contributed by atoms with van der Waals surface area (Å²) >= 11 is 0. The fraction of sp³-hybridized carbons (Fsp3) is 0.143. The minimum absolute atomic E-state index is 0.176. The van der Waals surface area contributed by atoms with Gasteiger partial charge in [-0.25, -0.2) is 9.59 Å². The zero-order valence-corrected chi connectivity index (χ0v) is 6.00. The molecule has 0 atom stereocenters. The van der Waals surface area contributed by atoms with E-state index in [0.29, 0.717) is 0 Å². The molecule has 0 aromatic heterocycles. The van der Waals surface area contributed by atoms with E-state index >= 15 is 0 Å². The van der Waals surface area contributed by atoms with Crippen molar-refractivity contribution in [2.24, 2.45) is 0 Å². The third-order valence-corrected chi connectivity index (χ3v) is 0.489. The third-order valence-electron chi connectivity index (χ3n) is 0.489. The molecule has 0 unspecified atom stereocenters. The van der Waals surface area contributed by atoms with E-state index in [1.807, 2.05) is 0 Å². The lowest BCUT2D eigenvalue weighted by Gasteiger charge is -1.79. The van der Waals surface area contributed by atoms with Crippen molar-refractivity contribution < 1.29 is 19.8 Å². The van der Waals surface area contributed by atoms with E-state index in [-0.39, 0.29) is 5.57 Å². The average Bonchev–Trinajstić information content (AvgIpc) is 1.89. The maximum Gasteiger partial charge on any atom is 0.381 e. The van der Waals surface area contributed by atoms with E-state index in [9.17, 15) is 4.79 Å². The number of carboxylic acid groups (broad SMARTS) is 2. The SMILES string of the molecule is C#CC(=O)O.C=C(C)C(=O)O. The molecule has 2 N–H and O–H groups in total. The first-order valence-electron chi connectivity index (χ1n) is 2.50. The molecule has 0 aromatic rings. The highest BCUT2D eigenvalue weighted by Gasteiger charge is 1.90. The summed E-state index contributed by atoms with van der Waals surface area (Å²) in [7, 11) is 0. The van der Waals surface area contributed by atoms with E-state index in [0.717, 1.165) is 0 Å². The lowest BCUT2D eigenvalue weighted by Crippen LogP contribution is -1.92. The van der Waals surface area contributed by atoms with Gasteiger partial charge in [0, 0.05) is 11.5 Å². The lowest BCUT2D eigenvalue weighted by molar-refractivity contribution is -0.132. The highest BCUT2D eigenvalue weighted by molar-refractivity contribution is 5.85. The van der Waals surface area contributed by atoms with E-state index in [1.54, 1.807) is 0 Å². The van der Waals surface area contributed by atoms with Crippen LogP contribution in [-0.4, -0.2) is 22.2 Å². The molecule has 60 valence electrons. The molecule has 0 aliphatic rings. The zero-order valence-electron chi connectivity index (χ0n) is 6.00. The van der Waals surface area contributed by atoms with Crippen LogP contribution in [0.4, 0.5) is 0 Å². The van der Waals surface area contributed by atoms with Crippen molar-refractivity contribution in [2.75, 3.05) is 0 Å². The number of carboxylic acids is 2. The van der Waals surface area contributed by atoms with Gasteiger partial charge in [0.15, 0.2) is 0 Å². The van der Waals surface area contributed by atoms with Gasteiger partial charge in [-0.05, 0) is 6.92 Å². The van der Waals surface area contributed by atoms with Crippen molar-refractivity contribution in [3.8, 4) is 12.3 Å². The molecular weight excluding hydrogens is 148 g/mol. The van der Waals surface area contributed by atoms with Crippen molar-refractivity contribution in [1.82, 2.24) is 0 Å². The molecule has 0 saturated heterocycles. The van der Waals surface area contributed by atoms with Crippen molar-refractivity contribution in [3.63, 3.8) is 0 Å². The van der Waals surface area contributed by atoms with Gasteiger partial charge in [0.25, 0.3) is 0 Å². The van der Waals surface area contributed by atoms with Crippen molar-refractivity contribution in [2.45, 2.75) is 6.92 Å². The zero-order chi connectivity index (χ0) is 9.44. The highest BCUT2D eigenvalue weighted by Crippen LogP contribution is 1.81. The Labute approximate surface area is 64.2 Å². The number of hydrogen-bond acceptors (Lipinski definition) is 2. The largest absolute Gasteiger partial charge is 0.478 e. The van der Waals surface area contributed by atoms with Gasteiger partial charge in [-0.2, -0.15) is 0 Å². The van der Waals surface area contributed by atoms with Crippen molar-refractivity contribution >= 4 is 11.9 Å². The molecule has 0 bridgehead atoms. The number of aliphatic carboxylic acids is 2. The summed E-state index contributed by atoms with van der Waals surface area (Å²) in [6.45, 7) is 4.60. The molecule has 0 amide bonds. The minimum atomic E-state index is -1.22. The van der Waals surface area contributed by atoms with Gasteiger partial charge in [0.2, 0.25) is 0 Å². The topological polar surface area (TPSA) is 74.6 Å². The number of hydrogen-bond donors (Lipinski definition) is 2. The number of terminal acetylenes is 1. The Morgan fingerprint density at radius 2 is 1.64 bits per heavy atom. The van der Waals surface area contributed by atoms with Gasteiger partial charge in [-0.1, -0.05) is 6.58 Å². The third kappa shape index (κ3) is 17.8. The molecule has 0 aromatic carbocycles. The molecule has 0 aliphatic carbocycles. The van der Waals surface area contributed by atoms with Crippen LogP contribution in [0.2, 0.25) is 0 Å². The Balaban J connectivity index is 0. The Bertz CT molecular complexity index is 197. The molecular formula is C7H8O4. The van der Waals surface area contributed by atoms with E-state index in [4.69, 9.17) is 15.0 Å². The first-order valence-corrected chi connectivity index (χ1v) is 2.50. The van der Waals surface area contributed by atoms with Crippen LogP contribution in [0.25, 0.3) is 0 Å². The van der Waals surface area contributed by atoms with Crippen LogP contribution < -0.4 is 0 Å². The Morgan fingerprint density at radius 3 is 1.64 bits per heavy atom. The Hall–Kier alpha value is -1.76. The predicted octanol–water partition coefficient (Wildman–Crippen LogP) is 0.351. The van der Waals surface area contributed by atoms with Gasteiger partial charge >= 0.3 is 11.9 Å². The summed E-state index contributed by atoms with van der Waals surface area (Å²) in [5.74, 6) is -0.708. The summed E-state index contributed by atoms with van der Waals surface area (Å²) in [5.41, 5.74) is 0.176. The average molecular weight is 156 g/mol. The summed E-state index contributed by atoms with van der Waals surface area (Å²) in [5, 5.41) is 15.4. The van der Waals surface area contributed by atoms with Crippen LogP contribution in [-0.2, 0) is 9.59 Å². The second-order valence-electron chi connectivity index (χ2n) is 1.53. The number of rotatable bonds is 1.